The summed E-state index contributed by atoms with van der Waals surface area (Å²) in [5.74, 6) is -0.651. The first kappa shape index (κ1) is 35.7. The van der Waals surface area contributed by atoms with Gasteiger partial charge in [-0.25, -0.2) is 19.4 Å². The number of urea groups is 1. The van der Waals surface area contributed by atoms with E-state index in [1.54, 1.807) is 28.1 Å². The molecule has 2 aliphatic rings. The Morgan fingerprint density at radius 3 is 2.36 bits per heavy atom. The largest absolute Gasteiger partial charge is 0.524 e. The Morgan fingerprint density at radius 2 is 1.66 bits per heavy atom. The van der Waals surface area contributed by atoms with Gasteiger partial charge in [-0.15, -0.1) is 6.58 Å². The Balaban J connectivity index is 1.24. The molecule has 0 bridgehead atoms. The van der Waals surface area contributed by atoms with Gasteiger partial charge in [-0.1, -0.05) is 97.1 Å². The predicted molar refractivity (Wildman–Crippen MR) is 199 cm³/mol. The molecule has 0 radical (unpaired) electrons. The summed E-state index contributed by atoms with van der Waals surface area (Å²) < 4.78 is 16.1. The van der Waals surface area contributed by atoms with Crippen LogP contribution in [0.2, 0.25) is 0 Å². The van der Waals surface area contributed by atoms with E-state index in [0.29, 0.717) is 5.56 Å². The molecule has 13 nitrogen and oxygen atoms in total. The fraction of sp³-hybridized carbons (Fsp3) is 0.205. The first-order valence-corrected chi connectivity index (χ1v) is 18.7. The number of aromatic amines is 1. The Labute approximate surface area is 306 Å². The highest BCUT2D eigenvalue weighted by atomic mass is 31.2. The summed E-state index contributed by atoms with van der Waals surface area (Å²) in [5.41, 5.74) is 5.36. The van der Waals surface area contributed by atoms with Crippen molar-refractivity contribution in [3.8, 4) is 16.9 Å². The molecule has 4 N–H and O–H groups in total. The predicted octanol–water partition coefficient (Wildman–Crippen LogP) is 5.04. The summed E-state index contributed by atoms with van der Waals surface area (Å²) in [6, 6.07) is 30.0. The molecule has 53 heavy (non-hydrogen) atoms. The molecular formula is C39H39N6O7P. The quantitative estimate of drug-likeness (QED) is 0.109. The zero-order valence-corrected chi connectivity index (χ0v) is 29.6. The maximum atomic E-state index is 14.6. The number of carbonyl (C=O) groups is 3. The number of hydrogen-bond donors (Lipinski definition) is 4. The zero-order chi connectivity index (χ0) is 37.1. The van der Waals surface area contributed by atoms with E-state index in [2.05, 4.69) is 16.9 Å². The van der Waals surface area contributed by atoms with Crippen molar-refractivity contribution >= 4 is 36.6 Å². The average Bonchev–Trinajstić information content (AvgIpc) is 3.59. The van der Waals surface area contributed by atoms with Crippen molar-refractivity contribution in [3.05, 3.63) is 139 Å². The number of para-hydroxylation sites is 1. The van der Waals surface area contributed by atoms with E-state index < -0.39 is 26.1 Å². The number of hydrogen-bond acceptors (Lipinski definition) is 6. The van der Waals surface area contributed by atoms with Crippen LogP contribution in [0.1, 0.15) is 16.7 Å². The van der Waals surface area contributed by atoms with Gasteiger partial charge in [0.1, 0.15) is 18.0 Å². The summed E-state index contributed by atoms with van der Waals surface area (Å²) in [6.45, 7) is 4.43. The van der Waals surface area contributed by atoms with Crippen molar-refractivity contribution in [2.24, 2.45) is 0 Å². The molecule has 4 amide bonds. The summed E-state index contributed by atoms with van der Waals surface area (Å²) in [6.07, 6.45) is 2.81. The topological polar surface area (TPSA) is 159 Å². The SMILES string of the molecule is C=CCN1CC(=O)N2[C@@H](Cc3ccc(OP(=O)(O)O)cc3)C(=O)N(Cc3cccc4c(-c5ccccc5)c[nH]c34)C[C@@H]2N1C(=O)NCc1ccccc1. The summed E-state index contributed by atoms with van der Waals surface area (Å²) in [5, 5.41) is 7.17. The number of nitrogens with one attached hydrogen (secondary N) is 2. The van der Waals surface area contributed by atoms with Crippen molar-refractivity contribution in [1.29, 1.82) is 0 Å². The molecule has 3 heterocycles. The van der Waals surface area contributed by atoms with Gasteiger partial charge in [-0.2, -0.15) is 0 Å². The molecule has 4 aromatic carbocycles. The van der Waals surface area contributed by atoms with E-state index in [9.17, 15) is 28.7 Å². The van der Waals surface area contributed by atoms with Gasteiger partial charge in [0, 0.05) is 43.2 Å². The van der Waals surface area contributed by atoms with Gasteiger partial charge >= 0.3 is 13.9 Å². The lowest BCUT2D eigenvalue weighted by Gasteiger charge is -2.55. The van der Waals surface area contributed by atoms with Gasteiger partial charge in [0.05, 0.1) is 18.6 Å². The number of amides is 4. The van der Waals surface area contributed by atoms with Crippen LogP contribution < -0.4 is 9.84 Å². The fourth-order valence-corrected chi connectivity index (χ4v) is 7.55. The second-order valence-electron chi connectivity index (χ2n) is 13.0. The van der Waals surface area contributed by atoms with Crippen molar-refractivity contribution in [2.45, 2.75) is 31.7 Å². The van der Waals surface area contributed by atoms with E-state index in [0.717, 1.165) is 33.2 Å². The molecule has 272 valence electrons. The van der Waals surface area contributed by atoms with E-state index in [-0.39, 0.29) is 56.7 Å². The van der Waals surface area contributed by atoms with Crippen molar-refractivity contribution < 1.29 is 33.3 Å². The number of phosphoric ester groups is 1. The molecule has 0 unspecified atom stereocenters. The molecule has 0 saturated carbocycles. The maximum Gasteiger partial charge on any atom is 0.524 e. The first-order valence-electron chi connectivity index (χ1n) is 17.1. The lowest BCUT2D eigenvalue weighted by Crippen LogP contribution is -2.76. The minimum absolute atomic E-state index is 0.0409. The standard InChI is InChI=1S/C39H39N6O7P/c1-2-20-43-26-36(46)44-34(21-27-16-18-31(19-17-27)52-53(49,50)51)38(47)42(25-35(44)45(43)39(48)41-22-28-10-5-3-6-11-28)24-30-14-9-15-32-33(23-40-37(30)32)29-12-7-4-8-13-29/h2-19,23,34-35,40H,1,20-22,24-26H2,(H,41,48)(H2,49,50,51)/t34-,35-/m0/s1. The third-order valence-corrected chi connectivity index (χ3v) is 9.94. The van der Waals surface area contributed by atoms with E-state index in [4.69, 9.17) is 4.52 Å². The summed E-state index contributed by atoms with van der Waals surface area (Å²) in [4.78, 5) is 67.8. The Morgan fingerprint density at radius 1 is 0.943 bits per heavy atom. The average molecular weight is 735 g/mol. The third kappa shape index (κ3) is 7.74. The Bertz CT molecular complexity index is 2170. The molecular weight excluding hydrogens is 695 g/mol. The van der Waals surface area contributed by atoms with Crippen LogP contribution >= 0.6 is 7.82 Å². The summed E-state index contributed by atoms with van der Waals surface area (Å²) in [7, 11) is -4.78. The second-order valence-corrected chi connectivity index (χ2v) is 14.1. The molecule has 2 saturated heterocycles. The van der Waals surface area contributed by atoms with E-state index in [1.165, 1.54) is 22.0 Å². The number of carbonyl (C=O) groups excluding carboxylic acids is 3. The molecule has 7 rings (SSSR count). The van der Waals surface area contributed by atoms with E-state index >= 15 is 0 Å². The summed E-state index contributed by atoms with van der Waals surface area (Å²) >= 11 is 0. The minimum Gasteiger partial charge on any atom is -0.404 e. The Kier molecular flexibility index (Phi) is 10.2. The normalized spacial score (nSPS) is 17.9. The number of piperazine rings is 1. The third-order valence-electron chi connectivity index (χ3n) is 9.49. The number of fused-ring (bicyclic) bond motifs is 2. The van der Waals surface area contributed by atoms with Gasteiger partial charge in [0.25, 0.3) is 0 Å². The highest BCUT2D eigenvalue weighted by Crippen LogP contribution is 2.38. The van der Waals surface area contributed by atoms with Gasteiger partial charge in [0.2, 0.25) is 11.8 Å². The number of rotatable bonds is 11. The number of H-pyrrole nitrogens is 1. The van der Waals surface area contributed by atoms with Crippen molar-refractivity contribution in [2.75, 3.05) is 19.6 Å². The molecule has 0 spiro atoms. The molecule has 2 fully saturated rings. The molecule has 5 aromatic rings. The lowest BCUT2D eigenvalue weighted by atomic mass is 9.97. The molecule has 2 aliphatic heterocycles. The van der Waals surface area contributed by atoms with Crippen LogP contribution in [0.5, 0.6) is 5.75 Å². The van der Waals surface area contributed by atoms with E-state index in [1.807, 2.05) is 85.1 Å². The van der Waals surface area contributed by atoms with Crippen LogP contribution in [0, 0.1) is 0 Å². The highest BCUT2D eigenvalue weighted by molar-refractivity contribution is 7.46. The minimum atomic E-state index is -4.78. The monoisotopic (exact) mass is 734 g/mol. The zero-order valence-electron chi connectivity index (χ0n) is 28.7. The highest BCUT2D eigenvalue weighted by Gasteiger charge is 2.51. The van der Waals surface area contributed by atoms with Crippen LogP contribution in [0.25, 0.3) is 22.0 Å². The van der Waals surface area contributed by atoms with Gasteiger partial charge in [0.15, 0.2) is 0 Å². The maximum absolute atomic E-state index is 14.6. The smallest absolute Gasteiger partial charge is 0.404 e. The number of benzene rings is 4. The van der Waals surface area contributed by atoms with Crippen LogP contribution in [0.4, 0.5) is 4.79 Å². The number of phosphoric acid groups is 1. The Hall–Kier alpha value is -5.72. The first-order chi connectivity index (χ1) is 25.6. The lowest BCUT2D eigenvalue weighted by molar-refractivity contribution is -0.189. The van der Waals surface area contributed by atoms with Gasteiger partial charge in [-0.05, 0) is 34.4 Å². The molecule has 14 heteroatoms. The van der Waals surface area contributed by atoms with Gasteiger partial charge in [-0.3, -0.25) is 19.4 Å². The molecule has 2 atom stereocenters. The molecule has 0 aliphatic carbocycles. The van der Waals surface area contributed by atoms with Crippen molar-refractivity contribution in [3.63, 3.8) is 0 Å². The van der Waals surface area contributed by atoms with Crippen LogP contribution in [0.15, 0.2) is 122 Å². The molecule has 1 aromatic heterocycles. The number of hydrazine groups is 1. The number of nitrogens with zero attached hydrogens (tertiary/aromatic N) is 4. The fourth-order valence-electron chi connectivity index (χ4n) is 7.16. The van der Waals surface area contributed by atoms with Crippen molar-refractivity contribution in [1.82, 2.24) is 30.1 Å². The van der Waals surface area contributed by atoms with Crippen LogP contribution in [-0.4, -0.2) is 84.3 Å². The van der Waals surface area contributed by atoms with Gasteiger partial charge < -0.3 is 24.6 Å². The number of aromatic nitrogens is 1. The van der Waals surface area contributed by atoms with Crippen LogP contribution in [0.3, 0.4) is 0 Å². The second kappa shape index (κ2) is 15.1. The van der Waals surface area contributed by atoms with Crippen LogP contribution in [-0.2, 0) is 33.7 Å².